The van der Waals surface area contributed by atoms with Crippen molar-refractivity contribution < 1.29 is 4.79 Å². The van der Waals surface area contributed by atoms with Crippen LogP contribution in [0.25, 0.3) is 11.3 Å². The lowest BCUT2D eigenvalue weighted by Crippen LogP contribution is -2.40. The van der Waals surface area contributed by atoms with E-state index in [1.165, 1.54) is 0 Å². The molecule has 0 aliphatic carbocycles. The van der Waals surface area contributed by atoms with E-state index in [1.54, 1.807) is 19.0 Å². The highest BCUT2D eigenvalue weighted by Gasteiger charge is 2.11. The number of imidazole rings is 1. The Morgan fingerprint density at radius 3 is 2.63 bits per heavy atom. The van der Waals surface area contributed by atoms with E-state index in [4.69, 9.17) is 0 Å². The summed E-state index contributed by atoms with van der Waals surface area (Å²) in [5.41, 5.74) is 2.09. The number of aliphatic imine (C=N–C) groups is 1. The zero-order valence-corrected chi connectivity index (χ0v) is 16.7. The van der Waals surface area contributed by atoms with Gasteiger partial charge in [-0.2, -0.15) is 0 Å². The van der Waals surface area contributed by atoms with Crippen LogP contribution >= 0.6 is 0 Å². The fourth-order valence-electron chi connectivity index (χ4n) is 2.48. The maximum atomic E-state index is 11.9. The molecule has 7 heteroatoms. The Bertz CT molecular complexity index is 738. The summed E-state index contributed by atoms with van der Waals surface area (Å²) in [7, 11) is 5.42. The molecule has 0 aliphatic heterocycles. The molecule has 7 nitrogen and oxygen atoms in total. The maximum Gasteiger partial charge on any atom is 0.243 e. The third-order valence-corrected chi connectivity index (χ3v) is 4.14. The third kappa shape index (κ3) is 6.44. The number of carbonyl (C=O) groups is 1. The first kappa shape index (κ1) is 20.5. The second-order valence-corrected chi connectivity index (χ2v) is 6.67. The summed E-state index contributed by atoms with van der Waals surface area (Å²) in [5, 5.41) is 3.34. The van der Waals surface area contributed by atoms with Crippen LogP contribution in [0.4, 0.5) is 0 Å². The van der Waals surface area contributed by atoms with Gasteiger partial charge >= 0.3 is 0 Å². The van der Waals surface area contributed by atoms with E-state index >= 15 is 0 Å². The minimum Gasteiger partial charge on any atom is -0.356 e. The number of amides is 1. The number of guanidine groups is 1. The molecule has 0 saturated carbocycles. The first-order valence-electron chi connectivity index (χ1n) is 9.30. The Morgan fingerprint density at radius 1 is 1.22 bits per heavy atom. The van der Waals surface area contributed by atoms with Crippen molar-refractivity contribution in [3.8, 4) is 11.3 Å². The Morgan fingerprint density at radius 2 is 1.96 bits per heavy atom. The van der Waals surface area contributed by atoms with Gasteiger partial charge in [0.05, 0.1) is 18.4 Å². The predicted octanol–water partition coefficient (Wildman–Crippen LogP) is 2.34. The molecule has 1 aromatic heterocycles. The average molecular weight is 371 g/mol. The molecule has 2 N–H and O–H groups in total. The van der Waals surface area contributed by atoms with Gasteiger partial charge < -0.3 is 20.1 Å². The summed E-state index contributed by atoms with van der Waals surface area (Å²) in [4.78, 5) is 27.7. The number of aromatic nitrogens is 2. The molecule has 146 valence electrons. The zero-order valence-electron chi connectivity index (χ0n) is 16.7. The summed E-state index contributed by atoms with van der Waals surface area (Å²) in [6.45, 7) is 3.66. The number of benzene rings is 1. The number of likely N-dealkylation sites (N-methyl/N-ethyl adjacent to an activating group) is 1. The van der Waals surface area contributed by atoms with Crippen molar-refractivity contribution in [1.29, 1.82) is 0 Å². The van der Waals surface area contributed by atoms with Gasteiger partial charge in [-0.25, -0.2) is 9.98 Å². The van der Waals surface area contributed by atoms with E-state index in [2.05, 4.69) is 27.2 Å². The van der Waals surface area contributed by atoms with Crippen molar-refractivity contribution in [2.45, 2.75) is 26.3 Å². The van der Waals surface area contributed by atoms with Gasteiger partial charge in [0.2, 0.25) is 5.91 Å². The van der Waals surface area contributed by atoms with Crippen molar-refractivity contribution in [3.63, 3.8) is 0 Å². The van der Waals surface area contributed by atoms with Crippen LogP contribution in [0.1, 0.15) is 25.6 Å². The lowest BCUT2D eigenvalue weighted by Gasteiger charge is -2.22. The number of hydrogen-bond donors (Lipinski definition) is 2. The van der Waals surface area contributed by atoms with Gasteiger partial charge in [0.25, 0.3) is 0 Å². The number of carbonyl (C=O) groups excluding carboxylic acids is 1. The van der Waals surface area contributed by atoms with E-state index in [1.807, 2.05) is 48.5 Å². The quantitative estimate of drug-likeness (QED) is 0.425. The number of rotatable bonds is 8. The normalized spacial score (nSPS) is 11.3. The molecule has 0 bridgehead atoms. The van der Waals surface area contributed by atoms with E-state index in [-0.39, 0.29) is 12.5 Å². The molecule has 1 heterocycles. The lowest BCUT2D eigenvalue weighted by atomic mass is 10.2. The smallest absolute Gasteiger partial charge is 0.243 e. The van der Waals surface area contributed by atoms with Gasteiger partial charge in [0.15, 0.2) is 5.96 Å². The molecule has 0 spiro atoms. The minimum atomic E-state index is -0.0254. The lowest BCUT2D eigenvalue weighted by molar-refractivity contribution is -0.127. The monoisotopic (exact) mass is 370 g/mol. The molecule has 0 saturated heterocycles. The molecule has 0 atom stereocenters. The number of nitrogens with zero attached hydrogens (tertiary/aromatic N) is 4. The Kier molecular flexibility index (Phi) is 7.85. The largest absolute Gasteiger partial charge is 0.356 e. The van der Waals surface area contributed by atoms with Gasteiger partial charge in [-0.05, 0) is 12.0 Å². The zero-order chi connectivity index (χ0) is 19.6. The van der Waals surface area contributed by atoms with Gasteiger partial charge in [-0.1, -0.05) is 43.7 Å². The molecular weight excluding hydrogens is 340 g/mol. The first-order chi connectivity index (χ1) is 13.0. The van der Waals surface area contributed by atoms with Crippen molar-refractivity contribution in [2.75, 3.05) is 34.2 Å². The Hall–Kier alpha value is -2.83. The van der Waals surface area contributed by atoms with Crippen molar-refractivity contribution in [3.05, 3.63) is 42.4 Å². The second-order valence-electron chi connectivity index (χ2n) is 6.67. The molecule has 0 radical (unpaired) electrons. The molecule has 1 amide bonds. The standard InChI is InChI=1S/C20H30N6O/c1-5-6-12-21-20(23-14-19(27)25(2)3)26(4)15-18-22-13-17(24-18)16-10-8-7-9-11-16/h7-11,13H,5-6,12,14-15H2,1-4H3,(H,21,23)(H,22,24). The second kappa shape index (κ2) is 10.4. The highest BCUT2D eigenvalue weighted by Crippen LogP contribution is 2.16. The summed E-state index contributed by atoms with van der Waals surface area (Å²) in [5.74, 6) is 1.53. The number of H-pyrrole nitrogens is 1. The van der Waals surface area contributed by atoms with Crippen molar-refractivity contribution in [2.24, 2.45) is 4.99 Å². The fourth-order valence-corrected chi connectivity index (χ4v) is 2.48. The molecule has 0 unspecified atom stereocenters. The van der Waals surface area contributed by atoms with Crippen LogP contribution in [-0.4, -0.2) is 65.9 Å². The molecule has 2 aromatic rings. The van der Waals surface area contributed by atoms with Gasteiger partial charge in [0.1, 0.15) is 12.4 Å². The number of hydrogen-bond acceptors (Lipinski definition) is 3. The fraction of sp³-hybridized carbons (Fsp3) is 0.450. The van der Waals surface area contributed by atoms with Gasteiger partial charge in [-0.15, -0.1) is 0 Å². The molecular formula is C20H30N6O. The van der Waals surface area contributed by atoms with Crippen LogP contribution < -0.4 is 5.32 Å². The summed E-state index contributed by atoms with van der Waals surface area (Å²) in [6, 6.07) is 10.1. The summed E-state index contributed by atoms with van der Waals surface area (Å²) in [6.07, 6.45) is 3.99. The average Bonchev–Trinajstić information content (AvgIpc) is 3.13. The minimum absolute atomic E-state index is 0.0254. The highest BCUT2D eigenvalue weighted by atomic mass is 16.2. The van der Waals surface area contributed by atoms with Crippen LogP contribution in [0.3, 0.4) is 0 Å². The number of nitrogens with one attached hydrogen (secondary N) is 2. The summed E-state index contributed by atoms with van der Waals surface area (Å²) < 4.78 is 0. The van der Waals surface area contributed by atoms with Gasteiger partial charge in [-0.3, -0.25) is 4.79 Å². The maximum absolute atomic E-state index is 11.9. The Labute approximate surface area is 161 Å². The topological polar surface area (TPSA) is 76.6 Å². The van der Waals surface area contributed by atoms with Crippen LogP contribution in [0.15, 0.2) is 41.5 Å². The predicted molar refractivity (Wildman–Crippen MR) is 109 cm³/mol. The van der Waals surface area contributed by atoms with Gasteiger partial charge in [0, 0.05) is 27.7 Å². The van der Waals surface area contributed by atoms with Crippen molar-refractivity contribution in [1.82, 2.24) is 25.1 Å². The Balaban J connectivity index is 2.05. The van der Waals surface area contributed by atoms with E-state index in [0.717, 1.165) is 36.5 Å². The van der Waals surface area contributed by atoms with Crippen molar-refractivity contribution >= 4 is 11.9 Å². The molecule has 2 rings (SSSR count). The molecule has 0 aliphatic rings. The van der Waals surface area contributed by atoms with Crippen LogP contribution in [0, 0.1) is 0 Å². The van der Waals surface area contributed by atoms with E-state index in [0.29, 0.717) is 12.5 Å². The number of unbranched alkanes of at least 4 members (excludes halogenated alkanes) is 1. The van der Waals surface area contributed by atoms with E-state index < -0.39 is 0 Å². The molecule has 27 heavy (non-hydrogen) atoms. The highest BCUT2D eigenvalue weighted by molar-refractivity contribution is 5.84. The summed E-state index contributed by atoms with van der Waals surface area (Å²) >= 11 is 0. The third-order valence-electron chi connectivity index (χ3n) is 4.14. The number of aromatic amines is 1. The van der Waals surface area contributed by atoms with Crippen LogP contribution in [0.5, 0.6) is 0 Å². The molecule has 0 fully saturated rings. The molecule has 1 aromatic carbocycles. The SMILES string of the molecule is CCCCNC(=NCC(=O)N(C)C)N(C)Cc1ncc(-c2ccccc2)[nH]1. The van der Waals surface area contributed by atoms with E-state index in [9.17, 15) is 4.79 Å². The van der Waals surface area contributed by atoms with Crippen LogP contribution in [-0.2, 0) is 11.3 Å². The van der Waals surface area contributed by atoms with Crippen LogP contribution in [0.2, 0.25) is 0 Å². The first-order valence-corrected chi connectivity index (χ1v) is 9.30.